The molecule has 0 aromatic heterocycles. The van der Waals surface area contributed by atoms with E-state index in [0.29, 0.717) is 17.6 Å². The fourth-order valence-electron chi connectivity index (χ4n) is 9.55. The van der Waals surface area contributed by atoms with Gasteiger partial charge in [-0.05, 0) is 44.1 Å². The number of fused-ring (bicyclic) bond motifs is 5. The van der Waals surface area contributed by atoms with Gasteiger partial charge in [0, 0.05) is 48.5 Å². The Kier molecular flexibility index (Phi) is 9.35. The number of alkyl carbamates (subject to hydrolysis) is 1. The summed E-state index contributed by atoms with van der Waals surface area (Å²) in [7, 11) is 1.25. The van der Waals surface area contributed by atoms with Crippen LogP contribution < -0.4 is 5.32 Å². The molecule has 12 atom stereocenters. The third-order valence-electron chi connectivity index (χ3n) is 12.3. The normalized spacial score (nSPS) is 40.7. The van der Waals surface area contributed by atoms with Crippen LogP contribution in [0.3, 0.4) is 0 Å². The van der Waals surface area contributed by atoms with Crippen LogP contribution in [-0.2, 0) is 38.2 Å². The standard InChI is InChI=1S/C33H51NO11/c1-15-12-23-32(14-42-23,44-21(7)36)27-18(4)33(39)13-22(25(45-40)16(2)19(5)34-29(38)41-11)17(3)24(30(33,8)9)26(43-20(6)35)28(37)31(15,27)10/h15-16,18-19,22-23,25-27,39-40H,12-14H2,1-11H3,(H,34,38)/t15?,16?,18?,19?,22?,23?,25-,26?,27?,31?,32?,33?/m1/s1. The summed E-state index contributed by atoms with van der Waals surface area (Å²) in [5.41, 5.74) is -3.97. The van der Waals surface area contributed by atoms with E-state index < -0.39 is 88.1 Å². The zero-order valence-corrected chi connectivity index (χ0v) is 28.4. The third kappa shape index (κ3) is 5.10. The Morgan fingerprint density at radius 2 is 1.71 bits per heavy atom. The van der Waals surface area contributed by atoms with Gasteiger partial charge in [-0.2, -0.15) is 0 Å². The minimum absolute atomic E-state index is 0.0673. The van der Waals surface area contributed by atoms with Crippen LogP contribution >= 0.6 is 0 Å². The lowest BCUT2D eigenvalue weighted by atomic mass is 9.41. The number of hydrogen-bond acceptors (Lipinski definition) is 11. The average molecular weight is 638 g/mol. The first-order chi connectivity index (χ1) is 20.8. The van der Waals surface area contributed by atoms with E-state index in [1.807, 2.05) is 41.5 Å². The smallest absolute Gasteiger partial charge is 0.407 e. The molecule has 0 aromatic carbocycles. The van der Waals surface area contributed by atoms with Crippen LogP contribution in [0, 0.1) is 40.4 Å². The van der Waals surface area contributed by atoms with Crippen molar-refractivity contribution in [1.29, 1.82) is 0 Å². The van der Waals surface area contributed by atoms with E-state index in [9.17, 15) is 24.7 Å². The number of ether oxygens (including phenoxy) is 4. The highest BCUT2D eigenvalue weighted by atomic mass is 17.1. The summed E-state index contributed by atoms with van der Waals surface area (Å²) in [6.07, 6.45) is -2.90. The van der Waals surface area contributed by atoms with Crippen molar-refractivity contribution in [3.63, 3.8) is 0 Å². The van der Waals surface area contributed by atoms with E-state index in [-0.39, 0.29) is 24.7 Å². The van der Waals surface area contributed by atoms with Crippen molar-refractivity contribution in [3.05, 3.63) is 11.1 Å². The monoisotopic (exact) mass is 637 g/mol. The number of nitrogens with one attached hydrogen (secondary N) is 1. The lowest BCUT2D eigenvalue weighted by Crippen LogP contribution is -2.78. The van der Waals surface area contributed by atoms with E-state index in [2.05, 4.69) is 5.32 Å². The van der Waals surface area contributed by atoms with Crippen LogP contribution in [0.5, 0.6) is 0 Å². The molecule has 4 aliphatic rings. The second-order valence-corrected chi connectivity index (χ2v) is 14.7. The van der Waals surface area contributed by atoms with Crippen molar-refractivity contribution in [2.24, 2.45) is 40.4 Å². The molecular formula is C33H51NO11. The van der Waals surface area contributed by atoms with Crippen molar-refractivity contribution in [2.45, 2.75) is 118 Å². The molecule has 1 heterocycles. The predicted molar refractivity (Wildman–Crippen MR) is 161 cm³/mol. The molecule has 3 fully saturated rings. The summed E-state index contributed by atoms with van der Waals surface area (Å²) < 4.78 is 22.8. The molecule has 11 unspecified atom stereocenters. The lowest BCUT2D eigenvalue weighted by Gasteiger charge is -2.68. The molecule has 1 aliphatic heterocycles. The zero-order valence-electron chi connectivity index (χ0n) is 28.4. The quantitative estimate of drug-likeness (QED) is 0.122. The lowest BCUT2D eigenvalue weighted by molar-refractivity contribution is -0.335. The number of ketones is 1. The maximum Gasteiger partial charge on any atom is 0.407 e. The number of aliphatic hydroxyl groups is 1. The van der Waals surface area contributed by atoms with Crippen LogP contribution in [0.15, 0.2) is 11.1 Å². The van der Waals surface area contributed by atoms with E-state index in [1.165, 1.54) is 21.0 Å². The van der Waals surface area contributed by atoms with Gasteiger partial charge in [-0.15, -0.1) is 0 Å². The molecule has 3 N–H and O–H groups in total. The first-order valence-corrected chi connectivity index (χ1v) is 15.9. The van der Waals surface area contributed by atoms with Gasteiger partial charge in [0.1, 0.15) is 12.2 Å². The number of hydrogen-bond donors (Lipinski definition) is 3. The molecule has 1 amide bonds. The summed E-state index contributed by atoms with van der Waals surface area (Å²) in [6.45, 7) is 17.3. The van der Waals surface area contributed by atoms with Gasteiger partial charge in [0.05, 0.1) is 19.3 Å². The summed E-state index contributed by atoms with van der Waals surface area (Å²) >= 11 is 0. The van der Waals surface area contributed by atoms with Crippen molar-refractivity contribution in [2.75, 3.05) is 13.7 Å². The summed E-state index contributed by atoms with van der Waals surface area (Å²) in [5.74, 6) is -4.32. The Bertz CT molecular complexity index is 1260. The van der Waals surface area contributed by atoms with Gasteiger partial charge >= 0.3 is 18.0 Å². The molecule has 0 aromatic rings. The van der Waals surface area contributed by atoms with E-state index in [0.717, 1.165) is 0 Å². The van der Waals surface area contributed by atoms with Gasteiger partial charge in [-0.3, -0.25) is 19.6 Å². The topological polar surface area (TPSA) is 167 Å². The van der Waals surface area contributed by atoms with Gasteiger partial charge in [-0.1, -0.05) is 47.1 Å². The molecule has 2 bridgehead atoms. The fraction of sp³-hybridized carbons (Fsp3) is 0.818. The minimum atomic E-state index is -1.59. The molecular weight excluding hydrogens is 586 g/mol. The molecule has 2 saturated carbocycles. The number of methoxy groups -OCH3 is 1. The fourth-order valence-corrected chi connectivity index (χ4v) is 9.55. The molecule has 12 heteroatoms. The number of amides is 1. The highest BCUT2D eigenvalue weighted by Crippen LogP contribution is 2.67. The van der Waals surface area contributed by atoms with Gasteiger partial charge in [-0.25, -0.2) is 9.68 Å². The highest BCUT2D eigenvalue weighted by Gasteiger charge is 2.75. The maximum absolute atomic E-state index is 15.1. The molecule has 1 saturated heterocycles. The number of carbonyl (C=O) groups is 4. The van der Waals surface area contributed by atoms with Crippen LogP contribution in [0.1, 0.15) is 82.1 Å². The minimum Gasteiger partial charge on any atom is -0.454 e. The van der Waals surface area contributed by atoms with Gasteiger partial charge in [0.25, 0.3) is 0 Å². The molecule has 45 heavy (non-hydrogen) atoms. The second-order valence-electron chi connectivity index (χ2n) is 14.7. The Morgan fingerprint density at radius 1 is 1.09 bits per heavy atom. The van der Waals surface area contributed by atoms with Crippen LogP contribution in [0.25, 0.3) is 0 Å². The molecule has 0 radical (unpaired) electrons. The van der Waals surface area contributed by atoms with Crippen LogP contribution in [0.4, 0.5) is 4.79 Å². The Labute approximate surface area is 265 Å². The van der Waals surface area contributed by atoms with Gasteiger partial charge in [0.2, 0.25) is 0 Å². The number of carbonyl (C=O) groups excluding carboxylic acids is 4. The molecule has 254 valence electrons. The Hall–Kier alpha value is -2.54. The van der Waals surface area contributed by atoms with E-state index in [1.54, 1.807) is 13.8 Å². The van der Waals surface area contributed by atoms with Crippen LogP contribution in [-0.4, -0.2) is 83.5 Å². The summed E-state index contributed by atoms with van der Waals surface area (Å²) in [6, 6.07) is -0.521. The first-order valence-electron chi connectivity index (χ1n) is 15.9. The summed E-state index contributed by atoms with van der Waals surface area (Å²) in [4.78, 5) is 57.6. The Morgan fingerprint density at radius 3 is 2.20 bits per heavy atom. The van der Waals surface area contributed by atoms with E-state index in [4.69, 9.17) is 23.8 Å². The number of rotatable bonds is 7. The van der Waals surface area contributed by atoms with Crippen molar-refractivity contribution >= 4 is 23.8 Å². The van der Waals surface area contributed by atoms with E-state index >= 15 is 4.79 Å². The number of esters is 2. The zero-order chi connectivity index (χ0) is 34.0. The predicted octanol–water partition coefficient (Wildman–Crippen LogP) is 3.83. The Balaban J connectivity index is 2.00. The van der Waals surface area contributed by atoms with Gasteiger partial charge < -0.3 is 29.4 Å². The highest BCUT2D eigenvalue weighted by molar-refractivity contribution is 5.94. The largest absolute Gasteiger partial charge is 0.454 e. The molecule has 3 aliphatic carbocycles. The average Bonchev–Trinajstić information content (AvgIpc) is 2.94. The number of Topliss-reactive ketones (excluding diaryl/α,β-unsaturated/α-hetero) is 1. The summed E-state index contributed by atoms with van der Waals surface area (Å²) in [5, 5.41) is 26.3. The van der Waals surface area contributed by atoms with Gasteiger partial charge in [0.15, 0.2) is 17.5 Å². The molecule has 0 spiro atoms. The third-order valence-corrected chi connectivity index (χ3v) is 12.3. The van der Waals surface area contributed by atoms with Crippen LogP contribution in [0.2, 0.25) is 0 Å². The molecule has 12 nitrogen and oxygen atoms in total. The maximum atomic E-state index is 15.1. The second kappa shape index (κ2) is 11.9. The molecule has 4 rings (SSSR count). The SMILES string of the molecule is COC(=O)NC(C)C(C)[C@@H](OO)C1CC2(O)C(C)C3C4(OC(C)=O)COC4CC(C)C3(C)C(=O)C(OC(C)=O)C(=C1C)C2(C)C. The van der Waals surface area contributed by atoms with Crippen molar-refractivity contribution in [3.8, 4) is 0 Å². The van der Waals surface area contributed by atoms with Crippen molar-refractivity contribution < 1.29 is 53.4 Å². The van der Waals surface area contributed by atoms with Crippen molar-refractivity contribution in [1.82, 2.24) is 5.32 Å². The first kappa shape index (κ1) is 35.3.